The van der Waals surface area contributed by atoms with Crippen LogP contribution in [-0.4, -0.2) is 15.0 Å². The largest absolute Gasteiger partial charge is 0.387 e. The lowest BCUT2D eigenvalue weighted by Gasteiger charge is -2.18. The Morgan fingerprint density at radius 1 is 1.40 bits per heavy atom. The average Bonchev–Trinajstić information content (AvgIpc) is 2.40. The molecule has 1 N–H and O–H groups in total. The van der Waals surface area contributed by atoms with Crippen molar-refractivity contribution in [1.29, 1.82) is 5.26 Å². The highest BCUT2D eigenvalue weighted by Crippen LogP contribution is 2.26. The molecular weight excluding hydrogens is 279 g/mol. The summed E-state index contributed by atoms with van der Waals surface area (Å²) < 4.78 is 38.7. The van der Waals surface area contributed by atoms with Gasteiger partial charge in [0.25, 0.3) is 0 Å². The minimum Gasteiger partial charge on any atom is -0.387 e. The quantitative estimate of drug-likeness (QED) is 0.850. The van der Waals surface area contributed by atoms with Gasteiger partial charge >= 0.3 is 0 Å². The van der Waals surface area contributed by atoms with Crippen LogP contribution in [0.15, 0.2) is 33.7 Å². The molecule has 0 radical (unpaired) electrons. The lowest BCUT2D eigenvalue weighted by molar-refractivity contribution is 0.565. The molecule has 0 atom stereocenters. The number of hydrogen-bond donors (Lipinski definition) is 1. The Morgan fingerprint density at radius 2 is 2.15 bits per heavy atom. The summed E-state index contributed by atoms with van der Waals surface area (Å²) in [6.45, 7) is 2.30. The van der Waals surface area contributed by atoms with Crippen molar-refractivity contribution in [2.45, 2.75) is 31.1 Å². The molecule has 20 heavy (non-hydrogen) atoms. The van der Waals surface area contributed by atoms with E-state index in [4.69, 9.17) is 0 Å². The molecule has 106 valence electrons. The predicted octanol–water partition coefficient (Wildman–Crippen LogP) is 2.42. The smallest absolute Gasteiger partial charge is 0.221 e. The minimum atomic E-state index is -4.12. The topological polar surface area (TPSA) is 70.0 Å². The second kappa shape index (κ2) is 5.63. The molecular formula is C14H15FN2O2S. The lowest BCUT2D eigenvalue weighted by atomic mass is 10.1. The van der Waals surface area contributed by atoms with Crippen LogP contribution in [0.4, 0.5) is 4.39 Å². The number of nitrogens with zero attached hydrogens (tertiary/aromatic N) is 1. The van der Waals surface area contributed by atoms with Crippen molar-refractivity contribution in [1.82, 2.24) is 5.32 Å². The first-order chi connectivity index (χ1) is 9.46. The van der Waals surface area contributed by atoms with Gasteiger partial charge in [0.2, 0.25) is 9.84 Å². The molecule has 0 saturated carbocycles. The molecule has 6 heteroatoms. The van der Waals surface area contributed by atoms with E-state index in [0.29, 0.717) is 24.2 Å². The van der Waals surface area contributed by atoms with E-state index in [1.165, 1.54) is 12.1 Å². The molecule has 1 saturated heterocycles. The third kappa shape index (κ3) is 2.68. The zero-order chi connectivity index (χ0) is 14.8. The fourth-order valence-corrected chi connectivity index (χ4v) is 3.57. The van der Waals surface area contributed by atoms with Crippen LogP contribution in [0.25, 0.3) is 0 Å². The lowest BCUT2D eigenvalue weighted by Crippen LogP contribution is -2.23. The van der Waals surface area contributed by atoms with Gasteiger partial charge in [0.15, 0.2) is 4.91 Å². The summed E-state index contributed by atoms with van der Waals surface area (Å²) >= 11 is 0. The predicted molar refractivity (Wildman–Crippen MR) is 72.8 cm³/mol. The van der Waals surface area contributed by atoms with Crippen LogP contribution < -0.4 is 5.32 Å². The molecule has 1 heterocycles. The van der Waals surface area contributed by atoms with Gasteiger partial charge < -0.3 is 5.32 Å². The second-order valence-electron chi connectivity index (χ2n) is 4.74. The minimum absolute atomic E-state index is 0.375. The van der Waals surface area contributed by atoms with Gasteiger partial charge in [-0.2, -0.15) is 5.26 Å². The van der Waals surface area contributed by atoms with Gasteiger partial charge in [0, 0.05) is 12.2 Å². The Balaban J connectivity index is 2.56. The van der Waals surface area contributed by atoms with Crippen LogP contribution in [0, 0.1) is 24.1 Å². The highest BCUT2D eigenvalue weighted by atomic mass is 32.2. The highest BCUT2D eigenvalue weighted by molar-refractivity contribution is 7.95. The van der Waals surface area contributed by atoms with E-state index < -0.39 is 20.5 Å². The van der Waals surface area contributed by atoms with E-state index in [9.17, 15) is 18.1 Å². The Hall–Kier alpha value is -1.87. The standard InChI is InChI=1S/C14H15FN2O2S/c1-10-5-6-13(11(15)8-10)20(18,19)14(9-16)12-4-2-3-7-17-12/h5-6,8,17H,2-4,7H2,1H3. The fraction of sp³-hybridized carbons (Fsp3) is 0.357. The summed E-state index contributed by atoms with van der Waals surface area (Å²) in [5.41, 5.74) is 1.02. The van der Waals surface area contributed by atoms with E-state index in [1.807, 2.05) is 0 Å². The van der Waals surface area contributed by atoms with E-state index in [2.05, 4.69) is 5.32 Å². The molecule has 0 amide bonds. The number of benzene rings is 1. The summed E-state index contributed by atoms with van der Waals surface area (Å²) in [7, 11) is -4.12. The summed E-state index contributed by atoms with van der Waals surface area (Å²) in [5.74, 6) is -0.825. The second-order valence-corrected chi connectivity index (χ2v) is 6.60. The molecule has 0 aliphatic carbocycles. The van der Waals surface area contributed by atoms with Crippen molar-refractivity contribution in [3.63, 3.8) is 0 Å². The Kier molecular flexibility index (Phi) is 4.09. The number of piperidine rings is 1. The van der Waals surface area contributed by atoms with Gasteiger partial charge in [-0.1, -0.05) is 6.07 Å². The van der Waals surface area contributed by atoms with Crippen molar-refractivity contribution in [2.24, 2.45) is 0 Å². The van der Waals surface area contributed by atoms with Crippen molar-refractivity contribution in [2.75, 3.05) is 6.54 Å². The first-order valence-corrected chi connectivity index (χ1v) is 7.83. The van der Waals surface area contributed by atoms with E-state index >= 15 is 0 Å². The molecule has 1 aliphatic heterocycles. The maximum Gasteiger partial charge on any atom is 0.221 e. The van der Waals surface area contributed by atoms with Gasteiger partial charge in [-0.15, -0.1) is 0 Å². The summed E-state index contributed by atoms with van der Waals surface area (Å²) in [4.78, 5) is -0.820. The first-order valence-electron chi connectivity index (χ1n) is 6.35. The Morgan fingerprint density at radius 3 is 2.70 bits per heavy atom. The van der Waals surface area contributed by atoms with Crippen LogP contribution in [0.5, 0.6) is 0 Å². The van der Waals surface area contributed by atoms with Gasteiger partial charge in [-0.3, -0.25) is 0 Å². The van der Waals surface area contributed by atoms with Gasteiger partial charge in [0.05, 0.1) is 0 Å². The number of allylic oxidation sites excluding steroid dienone is 2. The molecule has 1 aromatic carbocycles. The van der Waals surface area contributed by atoms with Crippen molar-refractivity contribution in [3.05, 3.63) is 40.2 Å². The third-order valence-corrected chi connectivity index (χ3v) is 5.00. The van der Waals surface area contributed by atoms with Crippen molar-refractivity contribution in [3.8, 4) is 6.07 Å². The molecule has 0 aromatic heterocycles. The van der Waals surface area contributed by atoms with E-state index in [0.717, 1.165) is 18.9 Å². The van der Waals surface area contributed by atoms with Gasteiger partial charge in [0.1, 0.15) is 16.8 Å². The Labute approximate surface area is 117 Å². The maximum absolute atomic E-state index is 13.9. The maximum atomic E-state index is 13.9. The van der Waals surface area contributed by atoms with Gasteiger partial charge in [-0.25, -0.2) is 12.8 Å². The molecule has 1 fully saturated rings. The normalized spacial score (nSPS) is 18.1. The average molecular weight is 294 g/mol. The van der Waals surface area contributed by atoms with Crippen LogP contribution in [-0.2, 0) is 9.84 Å². The number of sulfone groups is 1. The number of halogens is 1. The molecule has 2 rings (SSSR count). The van der Waals surface area contributed by atoms with Crippen molar-refractivity contribution < 1.29 is 12.8 Å². The van der Waals surface area contributed by atoms with E-state index in [1.54, 1.807) is 13.0 Å². The number of hydrogen-bond acceptors (Lipinski definition) is 4. The number of nitrogens with one attached hydrogen (secondary N) is 1. The fourth-order valence-electron chi connectivity index (χ4n) is 2.17. The number of nitriles is 1. The zero-order valence-electron chi connectivity index (χ0n) is 11.1. The molecule has 0 spiro atoms. The zero-order valence-corrected chi connectivity index (χ0v) is 11.9. The van der Waals surface area contributed by atoms with Crippen LogP contribution in [0.1, 0.15) is 24.8 Å². The van der Waals surface area contributed by atoms with Crippen LogP contribution in [0.2, 0.25) is 0 Å². The summed E-state index contributed by atoms with van der Waals surface area (Å²) in [6.07, 6.45) is 2.25. The SMILES string of the molecule is Cc1ccc(S(=O)(=O)C(C#N)=C2CCCCN2)c(F)c1. The van der Waals surface area contributed by atoms with Gasteiger partial charge in [-0.05, 0) is 43.9 Å². The molecule has 0 unspecified atom stereocenters. The summed E-state index contributed by atoms with van der Waals surface area (Å²) in [5, 5.41) is 12.1. The molecule has 0 bridgehead atoms. The van der Waals surface area contributed by atoms with Crippen LogP contribution >= 0.6 is 0 Å². The molecule has 1 aromatic rings. The first kappa shape index (κ1) is 14.5. The van der Waals surface area contributed by atoms with Crippen LogP contribution in [0.3, 0.4) is 0 Å². The Bertz CT molecular complexity index is 694. The third-order valence-electron chi connectivity index (χ3n) is 3.21. The monoisotopic (exact) mass is 294 g/mol. The van der Waals surface area contributed by atoms with Crippen molar-refractivity contribution >= 4 is 9.84 Å². The number of rotatable bonds is 2. The highest BCUT2D eigenvalue weighted by Gasteiger charge is 2.28. The molecule has 1 aliphatic rings. The number of aryl methyl sites for hydroxylation is 1. The summed E-state index contributed by atoms with van der Waals surface area (Å²) in [6, 6.07) is 5.60. The van der Waals surface area contributed by atoms with E-state index in [-0.39, 0.29) is 4.91 Å². The molecule has 4 nitrogen and oxygen atoms in total.